The lowest BCUT2D eigenvalue weighted by Crippen LogP contribution is -2.08. The van der Waals surface area contributed by atoms with Crippen molar-refractivity contribution >= 4 is 16.9 Å². The van der Waals surface area contributed by atoms with E-state index < -0.39 is 0 Å². The number of hydrogen-bond donors (Lipinski definition) is 0. The van der Waals surface area contributed by atoms with Gasteiger partial charge in [0, 0.05) is 10.9 Å². The number of rotatable bonds is 4. The molecule has 4 aromatic rings. The van der Waals surface area contributed by atoms with Crippen LogP contribution in [0.15, 0.2) is 91.0 Å². The van der Waals surface area contributed by atoms with Crippen LogP contribution in [-0.2, 0) is 11.3 Å². The van der Waals surface area contributed by atoms with Crippen molar-refractivity contribution in [2.45, 2.75) is 6.61 Å². The fourth-order valence-corrected chi connectivity index (χ4v) is 2.89. The molecule has 0 unspecified atom stereocenters. The summed E-state index contributed by atoms with van der Waals surface area (Å²) in [4.78, 5) is 17.5. The Kier molecular flexibility index (Phi) is 4.44. The molecule has 0 bridgehead atoms. The molecule has 3 heteroatoms. The molecular formula is C23H17NO2. The molecule has 0 spiro atoms. The normalized spacial score (nSPS) is 10.6. The largest absolute Gasteiger partial charge is 0.457 e. The number of ether oxygens (including phenoxy) is 1. The molecule has 26 heavy (non-hydrogen) atoms. The Labute approximate surface area is 151 Å². The van der Waals surface area contributed by atoms with Crippen LogP contribution < -0.4 is 0 Å². The summed E-state index contributed by atoms with van der Waals surface area (Å²) in [5.74, 6) is -0.369. The molecule has 0 atom stereocenters. The van der Waals surface area contributed by atoms with Gasteiger partial charge in [0.2, 0.25) is 0 Å². The number of nitrogens with zero attached hydrogens (tertiary/aromatic N) is 1. The maximum Gasteiger partial charge on any atom is 0.340 e. The van der Waals surface area contributed by atoms with Crippen LogP contribution in [0.2, 0.25) is 0 Å². The lowest BCUT2D eigenvalue weighted by Gasteiger charge is -2.11. The van der Waals surface area contributed by atoms with E-state index in [1.54, 1.807) is 0 Å². The van der Waals surface area contributed by atoms with E-state index in [0.717, 1.165) is 22.0 Å². The van der Waals surface area contributed by atoms with Gasteiger partial charge in [-0.25, -0.2) is 9.78 Å². The topological polar surface area (TPSA) is 39.2 Å². The van der Waals surface area contributed by atoms with Gasteiger partial charge in [0.25, 0.3) is 0 Å². The molecule has 0 amide bonds. The van der Waals surface area contributed by atoms with E-state index in [1.807, 2.05) is 91.0 Å². The summed E-state index contributed by atoms with van der Waals surface area (Å²) in [5, 5.41) is 0.916. The highest BCUT2D eigenvalue weighted by atomic mass is 16.5. The van der Waals surface area contributed by atoms with Crippen LogP contribution in [0, 0.1) is 0 Å². The van der Waals surface area contributed by atoms with Crippen LogP contribution in [0.3, 0.4) is 0 Å². The number of carbonyl (C=O) groups is 1. The maximum atomic E-state index is 12.8. The predicted octanol–water partition coefficient (Wildman–Crippen LogP) is 5.26. The number of aromatic nitrogens is 1. The standard InChI is InChI=1S/C23H17NO2/c25-23(26-16-17-9-3-1-4-10-17)20-15-19-13-7-8-14-21(19)24-22(20)18-11-5-2-6-12-18/h1-15H,16H2. The number of benzene rings is 3. The molecule has 1 heterocycles. The van der Waals surface area contributed by atoms with E-state index in [1.165, 1.54) is 0 Å². The molecule has 0 saturated heterocycles. The first-order valence-electron chi connectivity index (χ1n) is 8.47. The van der Waals surface area contributed by atoms with Crippen LogP contribution in [0.1, 0.15) is 15.9 Å². The molecule has 0 fully saturated rings. The molecule has 0 aliphatic rings. The average Bonchev–Trinajstić information content (AvgIpc) is 2.72. The fourth-order valence-electron chi connectivity index (χ4n) is 2.89. The third-order valence-electron chi connectivity index (χ3n) is 4.20. The molecule has 126 valence electrons. The minimum absolute atomic E-state index is 0.237. The zero-order valence-corrected chi connectivity index (χ0v) is 14.1. The Bertz CT molecular complexity index is 1040. The molecule has 0 aliphatic heterocycles. The smallest absolute Gasteiger partial charge is 0.340 e. The number of pyridine rings is 1. The molecule has 0 saturated carbocycles. The van der Waals surface area contributed by atoms with Crippen LogP contribution in [0.5, 0.6) is 0 Å². The van der Waals surface area contributed by atoms with E-state index in [2.05, 4.69) is 0 Å². The first kappa shape index (κ1) is 16.0. The Morgan fingerprint density at radius 1 is 0.808 bits per heavy atom. The minimum atomic E-state index is -0.369. The summed E-state index contributed by atoms with van der Waals surface area (Å²) in [6, 6.07) is 29.0. The van der Waals surface area contributed by atoms with Gasteiger partial charge in [-0.05, 0) is 17.7 Å². The van der Waals surface area contributed by atoms with E-state index in [9.17, 15) is 4.79 Å². The van der Waals surface area contributed by atoms with Crippen LogP contribution in [0.25, 0.3) is 22.2 Å². The molecule has 0 aliphatic carbocycles. The summed E-state index contributed by atoms with van der Waals surface area (Å²) < 4.78 is 5.55. The Morgan fingerprint density at radius 2 is 1.46 bits per heavy atom. The van der Waals surface area contributed by atoms with E-state index in [4.69, 9.17) is 9.72 Å². The second-order valence-corrected chi connectivity index (χ2v) is 6.00. The van der Waals surface area contributed by atoms with E-state index >= 15 is 0 Å². The summed E-state index contributed by atoms with van der Waals surface area (Å²) in [5.41, 5.74) is 3.82. The molecular weight excluding hydrogens is 322 g/mol. The summed E-state index contributed by atoms with van der Waals surface area (Å²) in [7, 11) is 0. The SMILES string of the molecule is O=C(OCc1ccccc1)c1cc2ccccc2nc1-c1ccccc1. The average molecular weight is 339 g/mol. The lowest BCUT2D eigenvalue weighted by atomic mass is 10.0. The summed E-state index contributed by atoms with van der Waals surface area (Å²) in [6.07, 6.45) is 0. The van der Waals surface area contributed by atoms with Crippen molar-refractivity contribution in [2.75, 3.05) is 0 Å². The van der Waals surface area contributed by atoms with Crippen LogP contribution in [-0.4, -0.2) is 11.0 Å². The van der Waals surface area contributed by atoms with Gasteiger partial charge in [0.15, 0.2) is 0 Å². The second-order valence-electron chi connectivity index (χ2n) is 6.00. The van der Waals surface area contributed by atoms with Crippen molar-refractivity contribution in [3.8, 4) is 11.3 Å². The van der Waals surface area contributed by atoms with E-state index in [-0.39, 0.29) is 12.6 Å². The van der Waals surface area contributed by atoms with Gasteiger partial charge in [0.05, 0.1) is 16.8 Å². The van der Waals surface area contributed by atoms with Gasteiger partial charge in [-0.15, -0.1) is 0 Å². The maximum absolute atomic E-state index is 12.8. The van der Waals surface area contributed by atoms with Gasteiger partial charge in [0.1, 0.15) is 6.61 Å². The fraction of sp³-hybridized carbons (Fsp3) is 0.0435. The van der Waals surface area contributed by atoms with Gasteiger partial charge in [-0.3, -0.25) is 0 Å². The lowest BCUT2D eigenvalue weighted by molar-refractivity contribution is 0.0473. The summed E-state index contributed by atoms with van der Waals surface area (Å²) >= 11 is 0. The van der Waals surface area contributed by atoms with Crippen LogP contribution >= 0.6 is 0 Å². The van der Waals surface area contributed by atoms with Gasteiger partial charge < -0.3 is 4.74 Å². The minimum Gasteiger partial charge on any atom is -0.457 e. The molecule has 0 N–H and O–H groups in total. The number of esters is 1. The zero-order valence-electron chi connectivity index (χ0n) is 14.1. The highest BCUT2D eigenvalue weighted by Crippen LogP contribution is 2.26. The molecule has 0 radical (unpaired) electrons. The first-order valence-corrected chi connectivity index (χ1v) is 8.47. The third kappa shape index (κ3) is 3.33. The number of para-hydroxylation sites is 1. The number of carbonyl (C=O) groups excluding carboxylic acids is 1. The highest BCUT2D eigenvalue weighted by Gasteiger charge is 2.17. The van der Waals surface area contributed by atoms with Crippen molar-refractivity contribution < 1.29 is 9.53 Å². The Balaban J connectivity index is 1.73. The summed E-state index contributed by atoms with van der Waals surface area (Å²) in [6.45, 7) is 0.237. The zero-order chi connectivity index (χ0) is 17.8. The van der Waals surface area contributed by atoms with Gasteiger partial charge in [-0.2, -0.15) is 0 Å². The second kappa shape index (κ2) is 7.19. The number of hydrogen-bond acceptors (Lipinski definition) is 3. The Morgan fingerprint density at radius 3 is 2.23 bits per heavy atom. The van der Waals surface area contributed by atoms with Crippen molar-refractivity contribution in [1.29, 1.82) is 0 Å². The third-order valence-corrected chi connectivity index (χ3v) is 4.20. The molecule has 4 rings (SSSR count). The van der Waals surface area contributed by atoms with Crippen LogP contribution in [0.4, 0.5) is 0 Å². The van der Waals surface area contributed by atoms with Crippen molar-refractivity contribution in [2.24, 2.45) is 0 Å². The number of fused-ring (bicyclic) bond motifs is 1. The van der Waals surface area contributed by atoms with Crippen molar-refractivity contribution in [3.05, 3.63) is 102 Å². The van der Waals surface area contributed by atoms with Gasteiger partial charge in [-0.1, -0.05) is 78.9 Å². The first-order chi connectivity index (χ1) is 12.8. The monoisotopic (exact) mass is 339 g/mol. The quantitative estimate of drug-likeness (QED) is 0.476. The van der Waals surface area contributed by atoms with E-state index in [0.29, 0.717) is 11.3 Å². The molecule has 1 aromatic heterocycles. The van der Waals surface area contributed by atoms with Crippen molar-refractivity contribution in [1.82, 2.24) is 4.98 Å². The highest BCUT2D eigenvalue weighted by molar-refractivity contribution is 6.00. The van der Waals surface area contributed by atoms with Gasteiger partial charge >= 0.3 is 5.97 Å². The predicted molar refractivity (Wildman–Crippen MR) is 103 cm³/mol. The Hall–Kier alpha value is -3.46. The molecule has 3 nitrogen and oxygen atoms in total. The molecule has 3 aromatic carbocycles. The van der Waals surface area contributed by atoms with Crippen molar-refractivity contribution in [3.63, 3.8) is 0 Å².